The zero-order valence-electron chi connectivity index (χ0n) is 19.0. The number of nitrogens with zero attached hydrogens (tertiary/aromatic N) is 2. The van der Waals surface area contributed by atoms with Gasteiger partial charge in [0.1, 0.15) is 28.7 Å². The lowest BCUT2D eigenvalue weighted by atomic mass is 10.0. The van der Waals surface area contributed by atoms with Gasteiger partial charge < -0.3 is 13.6 Å². The Morgan fingerprint density at radius 1 is 1.12 bits per heavy atom. The third kappa shape index (κ3) is 4.12. The molecule has 1 atom stereocenters. The fourth-order valence-electron chi connectivity index (χ4n) is 4.05. The van der Waals surface area contributed by atoms with Gasteiger partial charge in [0.15, 0.2) is 0 Å². The molecule has 0 spiro atoms. The third-order valence-electron chi connectivity index (χ3n) is 5.64. The fourth-order valence-corrected chi connectivity index (χ4v) is 5.62. The van der Waals surface area contributed by atoms with Gasteiger partial charge in [-0.25, -0.2) is 8.42 Å². The van der Waals surface area contributed by atoms with Gasteiger partial charge in [-0.15, -0.1) is 0 Å². The molecule has 1 aliphatic heterocycles. The van der Waals surface area contributed by atoms with E-state index in [0.29, 0.717) is 22.5 Å². The van der Waals surface area contributed by atoms with Gasteiger partial charge in [0.05, 0.1) is 17.7 Å². The Labute approximate surface area is 197 Å². The van der Waals surface area contributed by atoms with Crippen LogP contribution in [0.4, 0.5) is 0 Å². The summed E-state index contributed by atoms with van der Waals surface area (Å²) < 4.78 is 45.6. The molecule has 0 saturated carbocycles. The highest BCUT2D eigenvalue weighted by Crippen LogP contribution is 2.34. The molecule has 0 unspecified atom stereocenters. The zero-order chi connectivity index (χ0) is 24.1. The number of carbonyl (C=O) groups is 1. The van der Waals surface area contributed by atoms with E-state index in [4.69, 9.17) is 13.6 Å². The van der Waals surface area contributed by atoms with Gasteiger partial charge in [-0.05, 0) is 68.8 Å². The molecule has 0 N–H and O–H groups in total. The van der Waals surface area contributed by atoms with Crippen molar-refractivity contribution in [2.75, 3.05) is 0 Å². The SMILES string of the molecule is CC(C)(C)OC(=O)[C@H]1Cc2ccoc2CN1S(=O)(=O)c1ccc2oc(-c3ccncc3)cc2c1. The van der Waals surface area contributed by atoms with Crippen molar-refractivity contribution < 1.29 is 26.8 Å². The van der Waals surface area contributed by atoms with E-state index < -0.39 is 27.6 Å². The van der Waals surface area contributed by atoms with E-state index >= 15 is 0 Å². The van der Waals surface area contributed by atoms with Crippen molar-refractivity contribution in [1.29, 1.82) is 0 Å². The monoisotopic (exact) mass is 480 g/mol. The van der Waals surface area contributed by atoms with E-state index in [1.807, 2.05) is 12.1 Å². The van der Waals surface area contributed by atoms with E-state index in [-0.39, 0.29) is 17.9 Å². The maximum Gasteiger partial charge on any atom is 0.325 e. The van der Waals surface area contributed by atoms with E-state index in [9.17, 15) is 13.2 Å². The Bertz CT molecular complexity index is 1460. The van der Waals surface area contributed by atoms with Crippen LogP contribution in [0.2, 0.25) is 0 Å². The summed E-state index contributed by atoms with van der Waals surface area (Å²) >= 11 is 0. The topological polar surface area (TPSA) is 103 Å². The fraction of sp³-hybridized carbons (Fsp3) is 0.280. The summed E-state index contributed by atoms with van der Waals surface area (Å²) in [6, 6.07) is 10.8. The average molecular weight is 481 g/mol. The van der Waals surface area contributed by atoms with E-state index in [2.05, 4.69) is 4.98 Å². The number of furan rings is 2. The number of ether oxygens (including phenoxy) is 1. The van der Waals surface area contributed by atoms with Crippen molar-refractivity contribution in [3.05, 3.63) is 72.4 Å². The molecular weight excluding hydrogens is 456 g/mol. The second kappa shape index (κ2) is 8.11. The van der Waals surface area contributed by atoms with Crippen molar-refractivity contribution in [3.63, 3.8) is 0 Å². The van der Waals surface area contributed by atoms with Crippen LogP contribution in [0.3, 0.4) is 0 Å². The van der Waals surface area contributed by atoms with E-state index in [1.54, 1.807) is 57.4 Å². The van der Waals surface area contributed by atoms with Crippen LogP contribution in [0.25, 0.3) is 22.3 Å². The number of hydrogen-bond donors (Lipinski definition) is 0. The van der Waals surface area contributed by atoms with Crippen LogP contribution in [0, 0.1) is 0 Å². The molecule has 0 bridgehead atoms. The van der Waals surface area contributed by atoms with Gasteiger partial charge in [0.25, 0.3) is 0 Å². The van der Waals surface area contributed by atoms with Crippen LogP contribution in [0.1, 0.15) is 32.1 Å². The zero-order valence-corrected chi connectivity index (χ0v) is 19.8. The lowest BCUT2D eigenvalue weighted by molar-refractivity contribution is -0.160. The summed E-state index contributed by atoms with van der Waals surface area (Å²) in [6.07, 6.45) is 5.01. The number of rotatable bonds is 4. The van der Waals surface area contributed by atoms with Gasteiger partial charge in [-0.3, -0.25) is 9.78 Å². The molecule has 176 valence electrons. The first kappa shape index (κ1) is 22.4. The summed E-state index contributed by atoms with van der Waals surface area (Å²) in [6.45, 7) is 5.20. The number of fused-ring (bicyclic) bond motifs is 2. The van der Waals surface area contributed by atoms with Crippen LogP contribution >= 0.6 is 0 Å². The minimum absolute atomic E-state index is 0.0553. The quantitative estimate of drug-likeness (QED) is 0.395. The minimum Gasteiger partial charge on any atom is -0.468 e. The molecule has 3 aromatic heterocycles. The van der Waals surface area contributed by atoms with Gasteiger partial charge in [0.2, 0.25) is 10.0 Å². The van der Waals surface area contributed by atoms with Crippen LogP contribution in [-0.2, 0) is 32.5 Å². The summed E-state index contributed by atoms with van der Waals surface area (Å²) in [5.74, 6) is 0.539. The molecule has 5 rings (SSSR count). The summed E-state index contributed by atoms with van der Waals surface area (Å²) in [5, 5.41) is 0.636. The molecule has 1 aromatic carbocycles. The van der Waals surface area contributed by atoms with Crippen molar-refractivity contribution in [3.8, 4) is 11.3 Å². The number of carbonyl (C=O) groups excluding carboxylic acids is 1. The Balaban J connectivity index is 1.53. The third-order valence-corrected chi connectivity index (χ3v) is 7.49. The van der Waals surface area contributed by atoms with Crippen molar-refractivity contribution in [2.45, 2.75) is 50.3 Å². The molecule has 0 amide bonds. The van der Waals surface area contributed by atoms with Crippen molar-refractivity contribution in [2.24, 2.45) is 0 Å². The smallest absolute Gasteiger partial charge is 0.325 e. The Morgan fingerprint density at radius 2 is 1.88 bits per heavy atom. The molecule has 0 aliphatic carbocycles. The molecule has 4 aromatic rings. The van der Waals surface area contributed by atoms with E-state index in [0.717, 1.165) is 15.4 Å². The average Bonchev–Trinajstić information content (AvgIpc) is 3.43. The largest absolute Gasteiger partial charge is 0.468 e. The van der Waals surface area contributed by atoms with Crippen molar-refractivity contribution in [1.82, 2.24) is 9.29 Å². The number of pyridine rings is 1. The number of benzene rings is 1. The van der Waals surface area contributed by atoms with Gasteiger partial charge >= 0.3 is 5.97 Å². The predicted octanol–water partition coefficient (Wildman–Crippen LogP) is 4.55. The van der Waals surface area contributed by atoms with E-state index in [1.165, 1.54) is 12.3 Å². The van der Waals surface area contributed by atoms with Crippen LogP contribution in [0.15, 0.2) is 74.9 Å². The highest BCUT2D eigenvalue weighted by molar-refractivity contribution is 7.89. The first-order valence-corrected chi connectivity index (χ1v) is 12.3. The molecule has 0 radical (unpaired) electrons. The second-order valence-corrected chi connectivity index (χ2v) is 11.1. The van der Waals surface area contributed by atoms with Crippen LogP contribution in [0.5, 0.6) is 0 Å². The number of aromatic nitrogens is 1. The highest BCUT2D eigenvalue weighted by Gasteiger charge is 2.42. The first-order chi connectivity index (χ1) is 16.1. The lowest BCUT2D eigenvalue weighted by Crippen LogP contribution is -2.50. The molecule has 1 aliphatic rings. The Kier molecular flexibility index (Phi) is 5.33. The number of hydrogen-bond acceptors (Lipinski definition) is 7. The van der Waals surface area contributed by atoms with Crippen LogP contribution < -0.4 is 0 Å². The second-order valence-electron chi connectivity index (χ2n) is 9.22. The molecule has 34 heavy (non-hydrogen) atoms. The maximum atomic E-state index is 13.8. The summed E-state index contributed by atoms with van der Waals surface area (Å²) in [5.41, 5.74) is 1.44. The summed E-state index contributed by atoms with van der Waals surface area (Å²) in [4.78, 5) is 17.1. The molecule has 0 fully saturated rings. The lowest BCUT2D eigenvalue weighted by Gasteiger charge is -2.34. The highest BCUT2D eigenvalue weighted by atomic mass is 32.2. The maximum absolute atomic E-state index is 13.8. The first-order valence-electron chi connectivity index (χ1n) is 10.9. The minimum atomic E-state index is -4.06. The number of esters is 1. The number of sulfonamides is 1. The molecule has 4 heterocycles. The van der Waals surface area contributed by atoms with Gasteiger partial charge in [-0.1, -0.05) is 0 Å². The molecule has 0 saturated heterocycles. The van der Waals surface area contributed by atoms with Gasteiger partial charge in [0, 0.05) is 29.8 Å². The Hall–Kier alpha value is -3.43. The molecule has 8 nitrogen and oxygen atoms in total. The molecule has 9 heteroatoms. The Morgan fingerprint density at radius 3 is 2.62 bits per heavy atom. The predicted molar refractivity (Wildman–Crippen MR) is 124 cm³/mol. The normalized spacial score (nSPS) is 17.0. The standard InChI is InChI=1S/C25H24N2O6S/c1-25(2,3)33-24(28)20-13-17-8-11-31-23(17)15-27(20)34(29,30)19-4-5-21-18(12-19)14-22(32-21)16-6-9-26-10-7-16/h4-12,14,20H,13,15H2,1-3H3/t20-/m1/s1. The van der Waals surface area contributed by atoms with Crippen LogP contribution in [-0.4, -0.2) is 35.3 Å². The van der Waals surface area contributed by atoms with Gasteiger partial charge in [-0.2, -0.15) is 4.31 Å². The van der Waals surface area contributed by atoms with Crippen molar-refractivity contribution >= 4 is 27.0 Å². The molecular formula is C25H24N2O6S. The summed E-state index contributed by atoms with van der Waals surface area (Å²) in [7, 11) is -4.06.